The number of amides is 2. The Kier molecular flexibility index (Phi) is 4.03. The molecule has 0 bridgehead atoms. The fraction of sp³-hybridized carbons (Fsp3) is 0.0909. The first-order valence-corrected chi connectivity index (χ1v) is 4.71. The van der Waals surface area contributed by atoms with Gasteiger partial charge in [-0.1, -0.05) is 6.58 Å². The molecule has 8 heteroatoms. The van der Waals surface area contributed by atoms with Gasteiger partial charge in [0.2, 0.25) is 5.82 Å². The fourth-order valence-electron chi connectivity index (χ4n) is 1.08. The molecule has 0 heterocycles. The van der Waals surface area contributed by atoms with Crippen LogP contribution >= 0.6 is 0 Å². The van der Waals surface area contributed by atoms with E-state index < -0.39 is 46.5 Å². The molecule has 0 aliphatic carbocycles. The number of nitrogens with one attached hydrogen (secondary N) is 1. The molecule has 0 atom stereocenters. The molecular formula is C11H6F5NO2. The summed E-state index contributed by atoms with van der Waals surface area (Å²) >= 11 is 0. The summed E-state index contributed by atoms with van der Waals surface area (Å²) in [4.78, 5) is 22.4. The third-order valence-electron chi connectivity index (χ3n) is 2.05. The molecule has 1 rings (SSSR count). The van der Waals surface area contributed by atoms with E-state index in [0.29, 0.717) is 0 Å². The van der Waals surface area contributed by atoms with Crippen LogP contribution in [0.2, 0.25) is 0 Å². The monoisotopic (exact) mass is 279 g/mol. The summed E-state index contributed by atoms with van der Waals surface area (Å²) in [5, 5.41) is 1.44. The van der Waals surface area contributed by atoms with Crippen molar-refractivity contribution < 1.29 is 31.5 Å². The van der Waals surface area contributed by atoms with E-state index in [1.807, 2.05) is 0 Å². The predicted molar refractivity (Wildman–Crippen MR) is 53.5 cm³/mol. The fourth-order valence-corrected chi connectivity index (χ4v) is 1.08. The molecule has 0 aromatic heterocycles. The molecule has 1 aromatic carbocycles. The van der Waals surface area contributed by atoms with Crippen molar-refractivity contribution in [3.63, 3.8) is 0 Å². The van der Waals surface area contributed by atoms with Gasteiger partial charge in [-0.2, -0.15) is 0 Å². The van der Waals surface area contributed by atoms with Crippen LogP contribution < -0.4 is 5.32 Å². The van der Waals surface area contributed by atoms with Crippen molar-refractivity contribution in [3.8, 4) is 0 Å². The maximum absolute atomic E-state index is 13.2. The van der Waals surface area contributed by atoms with Gasteiger partial charge >= 0.3 is 0 Å². The summed E-state index contributed by atoms with van der Waals surface area (Å²) in [5.41, 5.74) is -1.91. The van der Waals surface area contributed by atoms with Gasteiger partial charge in [-0.15, -0.1) is 0 Å². The summed E-state index contributed by atoms with van der Waals surface area (Å²) in [6.45, 7) is 4.32. The van der Waals surface area contributed by atoms with Crippen molar-refractivity contribution in [1.82, 2.24) is 5.32 Å². The Balaban J connectivity index is 3.32. The second-order valence-electron chi connectivity index (χ2n) is 3.51. The van der Waals surface area contributed by atoms with Gasteiger partial charge in [-0.25, -0.2) is 22.0 Å². The Bertz CT molecular complexity index is 568. The molecule has 0 radical (unpaired) electrons. The third-order valence-corrected chi connectivity index (χ3v) is 2.05. The van der Waals surface area contributed by atoms with Crippen LogP contribution in [0.4, 0.5) is 22.0 Å². The van der Waals surface area contributed by atoms with Crippen LogP contribution in [0, 0.1) is 29.1 Å². The van der Waals surface area contributed by atoms with Crippen molar-refractivity contribution in [3.05, 3.63) is 46.8 Å². The first kappa shape index (κ1) is 14.8. The zero-order valence-electron chi connectivity index (χ0n) is 9.41. The highest BCUT2D eigenvalue weighted by atomic mass is 19.2. The molecule has 1 N–H and O–H groups in total. The van der Waals surface area contributed by atoms with Gasteiger partial charge in [0.15, 0.2) is 23.3 Å². The molecule has 1 aromatic rings. The number of hydrogen-bond acceptors (Lipinski definition) is 2. The molecule has 0 unspecified atom stereocenters. The standard InChI is InChI=1S/C11H6F5NO2/c1-3(2)10(18)17-11(19)4-5(12)7(14)9(16)8(15)6(4)13/h1H2,2H3,(H,17,18,19). The molecule has 0 fully saturated rings. The zero-order chi connectivity index (χ0) is 14.9. The van der Waals surface area contributed by atoms with E-state index in [-0.39, 0.29) is 5.57 Å². The molecule has 0 aliphatic heterocycles. The maximum atomic E-state index is 13.2. The van der Waals surface area contributed by atoms with Gasteiger partial charge in [0, 0.05) is 5.57 Å². The minimum atomic E-state index is -2.39. The molecule has 2 amide bonds. The molecule has 0 aliphatic rings. The average Bonchev–Trinajstić information content (AvgIpc) is 2.34. The van der Waals surface area contributed by atoms with Crippen molar-refractivity contribution >= 4 is 11.8 Å². The highest BCUT2D eigenvalue weighted by molar-refractivity contribution is 6.09. The third kappa shape index (κ3) is 2.61. The largest absolute Gasteiger partial charge is 0.288 e. The Morgan fingerprint density at radius 2 is 1.26 bits per heavy atom. The van der Waals surface area contributed by atoms with E-state index in [0.717, 1.165) is 0 Å². The summed E-state index contributed by atoms with van der Waals surface area (Å²) < 4.78 is 64.7. The first-order valence-electron chi connectivity index (χ1n) is 4.71. The number of carbonyl (C=O) groups excluding carboxylic acids is 2. The van der Waals surface area contributed by atoms with E-state index >= 15 is 0 Å². The van der Waals surface area contributed by atoms with Gasteiger partial charge in [-0.05, 0) is 6.92 Å². The maximum Gasteiger partial charge on any atom is 0.264 e. The summed E-state index contributed by atoms with van der Waals surface area (Å²) in [6, 6.07) is 0. The van der Waals surface area contributed by atoms with Crippen LogP contribution in [0.1, 0.15) is 17.3 Å². The number of halogens is 5. The van der Waals surface area contributed by atoms with Crippen molar-refractivity contribution in [2.75, 3.05) is 0 Å². The lowest BCUT2D eigenvalue weighted by atomic mass is 10.1. The van der Waals surface area contributed by atoms with Crippen molar-refractivity contribution in [2.45, 2.75) is 6.92 Å². The molecule has 3 nitrogen and oxygen atoms in total. The summed E-state index contributed by atoms with van der Waals surface area (Å²) in [5.74, 6) is -14.4. The Hall–Kier alpha value is -2.25. The van der Waals surface area contributed by atoms with Gasteiger partial charge in [0.25, 0.3) is 11.8 Å². The highest BCUT2D eigenvalue weighted by Crippen LogP contribution is 2.22. The van der Waals surface area contributed by atoms with Gasteiger partial charge in [-0.3, -0.25) is 14.9 Å². The molecule has 19 heavy (non-hydrogen) atoms. The second kappa shape index (κ2) is 5.17. The topological polar surface area (TPSA) is 46.2 Å². The van der Waals surface area contributed by atoms with Gasteiger partial charge in [0.05, 0.1) is 0 Å². The van der Waals surface area contributed by atoms with E-state index in [4.69, 9.17) is 0 Å². The number of rotatable bonds is 2. The predicted octanol–water partition coefficient (Wildman–Crippen LogP) is 2.21. The van der Waals surface area contributed by atoms with E-state index in [1.54, 1.807) is 0 Å². The van der Waals surface area contributed by atoms with Crippen LogP contribution in [-0.4, -0.2) is 11.8 Å². The smallest absolute Gasteiger partial charge is 0.264 e. The van der Waals surface area contributed by atoms with Crippen LogP contribution in [0.15, 0.2) is 12.2 Å². The van der Waals surface area contributed by atoms with E-state index in [1.165, 1.54) is 12.2 Å². The second-order valence-corrected chi connectivity index (χ2v) is 3.51. The van der Waals surface area contributed by atoms with Crippen LogP contribution in [-0.2, 0) is 4.79 Å². The summed E-state index contributed by atoms with van der Waals surface area (Å²) in [7, 11) is 0. The number of hydrogen-bond donors (Lipinski definition) is 1. The number of imide groups is 1. The minimum Gasteiger partial charge on any atom is -0.288 e. The average molecular weight is 279 g/mol. The molecular weight excluding hydrogens is 273 g/mol. The number of benzene rings is 1. The SMILES string of the molecule is C=C(C)C(=O)NC(=O)c1c(F)c(F)c(F)c(F)c1F. The minimum absolute atomic E-state index is 0.183. The van der Waals surface area contributed by atoms with Crippen LogP contribution in [0.5, 0.6) is 0 Å². The quantitative estimate of drug-likeness (QED) is 0.390. The van der Waals surface area contributed by atoms with Gasteiger partial charge in [0.1, 0.15) is 5.56 Å². The molecule has 0 spiro atoms. The number of carbonyl (C=O) groups is 2. The van der Waals surface area contributed by atoms with E-state index in [9.17, 15) is 31.5 Å². The Morgan fingerprint density at radius 1 is 0.895 bits per heavy atom. The Labute approximate surface area is 103 Å². The lowest BCUT2D eigenvalue weighted by Crippen LogP contribution is -2.33. The van der Waals surface area contributed by atoms with Crippen molar-refractivity contribution in [1.29, 1.82) is 0 Å². The van der Waals surface area contributed by atoms with Crippen LogP contribution in [0.25, 0.3) is 0 Å². The van der Waals surface area contributed by atoms with Gasteiger partial charge < -0.3 is 0 Å². The molecule has 0 saturated carbocycles. The Morgan fingerprint density at radius 3 is 1.63 bits per heavy atom. The first-order chi connectivity index (χ1) is 8.68. The summed E-state index contributed by atoms with van der Waals surface area (Å²) in [6.07, 6.45) is 0. The van der Waals surface area contributed by atoms with E-state index in [2.05, 4.69) is 6.58 Å². The molecule has 102 valence electrons. The zero-order valence-corrected chi connectivity index (χ0v) is 9.41. The lowest BCUT2D eigenvalue weighted by Gasteiger charge is -2.08. The van der Waals surface area contributed by atoms with Crippen molar-refractivity contribution in [2.24, 2.45) is 0 Å². The normalized spacial score (nSPS) is 10.2. The highest BCUT2D eigenvalue weighted by Gasteiger charge is 2.30. The lowest BCUT2D eigenvalue weighted by molar-refractivity contribution is -0.116. The van der Waals surface area contributed by atoms with Crippen LogP contribution in [0.3, 0.4) is 0 Å². The molecule has 0 saturated heterocycles.